The van der Waals surface area contributed by atoms with Gasteiger partial charge in [-0.3, -0.25) is 19.3 Å². The van der Waals surface area contributed by atoms with Gasteiger partial charge in [-0.1, -0.05) is 24.3 Å². The minimum absolute atomic E-state index is 0.0886. The number of fused-ring (bicyclic) bond motifs is 1. The van der Waals surface area contributed by atoms with Crippen molar-refractivity contribution in [1.29, 1.82) is 0 Å². The topological polar surface area (TPSA) is 66.9 Å². The molecular formula is C23H20N2O4S. The Labute approximate surface area is 178 Å². The lowest BCUT2D eigenvalue weighted by atomic mass is 10.1. The minimum atomic E-state index is -0.325. The van der Waals surface area contributed by atoms with E-state index in [1.54, 1.807) is 65.7 Å². The summed E-state index contributed by atoms with van der Waals surface area (Å²) in [4.78, 5) is 42.2. The quantitative estimate of drug-likeness (QED) is 0.569. The number of imide groups is 1. The van der Waals surface area contributed by atoms with Gasteiger partial charge >= 0.3 is 0 Å². The molecule has 3 amide bonds. The van der Waals surface area contributed by atoms with Crippen molar-refractivity contribution in [3.8, 4) is 5.75 Å². The summed E-state index contributed by atoms with van der Waals surface area (Å²) in [6, 6.07) is 15.8. The predicted molar refractivity (Wildman–Crippen MR) is 114 cm³/mol. The van der Waals surface area contributed by atoms with Crippen LogP contribution < -0.4 is 4.74 Å². The number of thiophene rings is 1. The van der Waals surface area contributed by atoms with Gasteiger partial charge in [0, 0.05) is 11.9 Å². The van der Waals surface area contributed by atoms with Crippen LogP contribution in [0.15, 0.2) is 60.0 Å². The third-order valence-corrected chi connectivity index (χ3v) is 5.89. The summed E-state index contributed by atoms with van der Waals surface area (Å²) < 4.78 is 5.38. The van der Waals surface area contributed by atoms with Crippen molar-refractivity contribution < 1.29 is 19.1 Å². The predicted octanol–water partition coefficient (Wildman–Crippen LogP) is 3.83. The van der Waals surface area contributed by atoms with E-state index in [1.807, 2.05) is 17.5 Å². The van der Waals surface area contributed by atoms with Crippen molar-refractivity contribution >= 4 is 29.1 Å². The Morgan fingerprint density at radius 2 is 1.73 bits per heavy atom. The summed E-state index contributed by atoms with van der Waals surface area (Å²) in [7, 11) is 3.24. The molecule has 0 unspecified atom stereocenters. The lowest BCUT2D eigenvalue weighted by Crippen LogP contribution is -2.29. The molecular weight excluding hydrogens is 400 g/mol. The van der Waals surface area contributed by atoms with Crippen LogP contribution in [0.3, 0.4) is 0 Å². The van der Waals surface area contributed by atoms with Crippen molar-refractivity contribution in [2.24, 2.45) is 0 Å². The third kappa shape index (κ3) is 3.59. The second-order valence-corrected chi connectivity index (χ2v) is 8.05. The van der Waals surface area contributed by atoms with Crippen LogP contribution in [0.5, 0.6) is 5.75 Å². The molecule has 4 rings (SSSR count). The third-order valence-electron chi connectivity index (χ3n) is 5.03. The van der Waals surface area contributed by atoms with E-state index < -0.39 is 0 Å². The molecule has 0 spiro atoms. The lowest BCUT2D eigenvalue weighted by Gasteiger charge is -2.20. The molecule has 1 aromatic heterocycles. The van der Waals surface area contributed by atoms with Crippen LogP contribution in [-0.4, -0.2) is 41.7 Å². The number of ether oxygens (including phenoxy) is 1. The van der Waals surface area contributed by atoms with E-state index in [2.05, 4.69) is 0 Å². The molecule has 2 aromatic carbocycles. The maximum atomic E-state index is 13.1. The SMILES string of the molecule is COc1ccc(CN2C(=O)c3ccccc3C2=O)cc1C(=O)N(C)Cc1cccs1. The standard InChI is InChI=1S/C23H20N2O4S/c1-24(14-16-6-5-11-30-16)21(26)19-12-15(9-10-20(19)29-2)13-25-22(27)17-7-3-4-8-18(17)23(25)28/h3-12H,13-14H2,1-2H3. The monoisotopic (exact) mass is 420 g/mol. The number of carbonyl (C=O) groups is 3. The Morgan fingerprint density at radius 1 is 1.03 bits per heavy atom. The van der Waals surface area contributed by atoms with E-state index >= 15 is 0 Å². The number of carbonyl (C=O) groups excluding carboxylic acids is 3. The van der Waals surface area contributed by atoms with Crippen molar-refractivity contribution in [2.45, 2.75) is 13.1 Å². The molecule has 0 radical (unpaired) electrons. The molecule has 7 heteroatoms. The highest BCUT2D eigenvalue weighted by atomic mass is 32.1. The van der Waals surface area contributed by atoms with Crippen molar-refractivity contribution in [2.75, 3.05) is 14.2 Å². The molecule has 0 aliphatic carbocycles. The second-order valence-electron chi connectivity index (χ2n) is 7.02. The Morgan fingerprint density at radius 3 is 2.33 bits per heavy atom. The molecule has 152 valence electrons. The number of hydrogen-bond acceptors (Lipinski definition) is 5. The molecule has 0 N–H and O–H groups in total. The molecule has 0 saturated carbocycles. The van der Waals surface area contributed by atoms with Gasteiger partial charge in [0.1, 0.15) is 5.75 Å². The molecule has 0 saturated heterocycles. The average Bonchev–Trinajstić information content (AvgIpc) is 3.36. The largest absolute Gasteiger partial charge is 0.496 e. The summed E-state index contributed by atoms with van der Waals surface area (Å²) in [6.07, 6.45) is 0. The van der Waals surface area contributed by atoms with Crippen LogP contribution >= 0.6 is 11.3 Å². The average molecular weight is 420 g/mol. The number of benzene rings is 2. The number of rotatable bonds is 6. The zero-order chi connectivity index (χ0) is 21.3. The van der Waals surface area contributed by atoms with Crippen LogP contribution in [0.1, 0.15) is 41.5 Å². The summed E-state index contributed by atoms with van der Waals surface area (Å²) in [6.45, 7) is 0.577. The Hall–Kier alpha value is -3.45. The Bertz CT molecular complexity index is 1090. The molecule has 30 heavy (non-hydrogen) atoms. The molecule has 0 atom stereocenters. The Kier molecular flexibility index (Phi) is 5.37. The van der Waals surface area contributed by atoms with Gasteiger partial charge < -0.3 is 9.64 Å². The van der Waals surface area contributed by atoms with Gasteiger partial charge in [0.15, 0.2) is 0 Å². The normalized spacial score (nSPS) is 12.8. The molecule has 0 fully saturated rings. The fourth-order valence-electron chi connectivity index (χ4n) is 3.50. The fraction of sp³-hybridized carbons (Fsp3) is 0.174. The maximum Gasteiger partial charge on any atom is 0.261 e. The second kappa shape index (κ2) is 8.12. The summed E-state index contributed by atoms with van der Waals surface area (Å²) in [5.74, 6) is -0.392. The lowest BCUT2D eigenvalue weighted by molar-refractivity contribution is 0.0642. The van der Waals surface area contributed by atoms with Gasteiger partial charge in [-0.25, -0.2) is 0 Å². The van der Waals surface area contributed by atoms with E-state index in [0.717, 1.165) is 4.88 Å². The van der Waals surface area contributed by atoms with Crippen molar-refractivity contribution in [3.05, 3.63) is 87.1 Å². The highest BCUT2D eigenvalue weighted by Gasteiger charge is 2.35. The first kappa shape index (κ1) is 19.8. The van der Waals surface area contributed by atoms with E-state index in [9.17, 15) is 14.4 Å². The number of amides is 3. The first-order chi connectivity index (χ1) is 14.5. The van der Waals surface area contributed by atoms with Crippen LogP contribution in [0, 0.1) is 0 Å². The molecule has 6 nitrogen and oxygen atoms in total. The van der Waals surface area contributed by atoms with E-state index in [1.165, 1.54) is 12.0 Å². The van der Waals surface area contributed by atoms with Crippen LogP contribution in [0.4, 0.5) is 0 Å². The first-order valence-corrected chi connectivity index (χ1v) is 10.3. The smallest absolute Gasteiger partial charge is 0.261 e. The van der Waals surface area contributed by atoms with Crippen LogP contribution in [0.25, 0.3) is 0 Å². The first-order valence-electron chi connectivity index (χ1n) is 9.39. The van der Waals surface area contributed by atoms with E-state index in [0.29, 0.717) is 34.5 Å². The summed E-state index contributed by atoms with van der Waals surface area (Å²) >= 11 is 1.59. The molecule has 2 heterocycles. The fourth-order valence-corrected chi connectivity index (χ4v) is 4.26. The minimum Gasteiger partial charge on any atom is -0.496 e. The molecule has 0 bridgehead atoms. The van der Waals surface area contributed by atoms with Gasteiger partial charge in [0.05, 0.1) is 36.9 Å². The summed E-state index contributed by atoms with van der Waals surface area (Å²) in [5, 5.41) is 1.97. The number of methoxy groups -OCH3 is 1. The van der Waals surface area contributed by atoms with Gasteiger partial charge in [0.2, 0.25) is 0 Å². The zero-order valence-corrected chi connectivity index (χ0v) is 17.4. The number of nitrogens with zero attached hydrogens (tertiary/aromatic N) is 2. The maximum absolute atomic E-state index is 13.1. The zero-order valence-electron chi connectivity index (χ0n) is 16.6. The molecule has 1 aliphatic rings. The van der Waals surface area contributed by atoms with Crippen LogP contribution in [0.2, 0.25) is 0 Å². The van der Waals surface area contributed by atoms with Crippen LogP contribution in [-0.2, 0) is 13.1 Å². The van der Waals surface area contributed by atoms with Crippen molar-refractivity contribution in [3.63, 3.8) is 0 Å². The molecule has 1 aliphatic heterocycles. The van der Waals surface area contributed by atoms with Gasteiger partial charge in [-0.05, 0) is 41.3 Å². The van der Waals surface area contributed by atoms with E-state index in [4.69, 9.17) is 4.74 Å². The number of hydrogen-bond donors (Lipinski definition) is 0. The Balaban J connectivity index is 1.58. The van der Waals surface area contributed by atoms with Gasteiger partial charge in [0.25, 0.3) is 17.7 Å². The molecule has 3 aromatic rings. The van der Waals surface area contributed by atoms with Gasteiger partial charge in [-0.15, -0.1) is 11.3 Å². The highest BCUT2D eigenvalue weighted by molar-refractivity contribution is 7.09. The van der Waals surface area contributed by atoms with E-state index in [-0.39, 0.29) is 24.3 Å². The highest BCUT2D eigenvalue weighted by Crippen LogP contribution is 2.27. The van der Waals surface area contributed by atoms with Gasteiger partial charge in [-0.2, -0.15) is 0 Å². The van der Waals surface area contributed by atoms with Crippen molar-refractivity contribution in [1.82, 2.24) is 9.80 Å². The summed E-state index contributed by atoms with van der Waals surface area (Å²) in [5.41, 5.74) is 1.88.